The van der Waals surface area contributed by atoms with Crippen LogP contribution < -0.4 is 10.4 Å². The molecular formula is C30H36O6Si2. The van der Waals surface area contributed by atoms with Crippen molar-refractivity contribution in [2.45, 2.75) is 51.0 Å². The molecule has 1 aliphatic rings. The van der Waals surface area contributed by atoms with Gasteiger partial charge in [-0.1, -0.05) is 83.4 Å². The molecule has 200 valence electrons. The molecular weight excluding hydrogens is 512 g/mol. The average molecular weight is 549 g/mol. The highest BCUT2D eigenvalue weighted by molar-refractivity contribution is 6.99. The Labute approximate surface area is 227 Å². The summed E-state index contributed by atoms with van der Waals surface area (Å²) in [6.45, 7) is 19.9. The van der Waals surface area contributed by atoms with Crippen molar-refractivity contribution in [2.24, 2.45) is 0 Å². The van der Waals surface area contributed by atoms with E-state index in [2.05, 4.69) is 39.4 Å². The monoisotopic (exact) mass is 548 g/mol. The van der Waals surface area contributed by atoms with Crippen molar-refractivity contribution in [3.8, 4) is 0 Å². The Balaban J connectivity index is 1.56. The second-order valence-corrected chi connectivity index (χ2v) is 17.8. The van der Waals surface area contributed by atoms with Crippen LogP contribution in [0.15, 0.2) is 97.6 Å². The SMILES string of the molecule is C=C[Si](C)(C=C)c1ccc(C(=O)OOC2CCCCC2OOC(=O)c2ccc([Si](C)(C=C)C=C)cc2)cc1. The second-order valence-electron chi connectivity index (χ2n) is 9.83. The Kier molecular flexibility index (Phi) is 9.98. The smallest absolute Gasteiger partial charge is 0.292 e. The van der Waals surface area contributed by atoms with Gasteiger partial charge in [0.25, 0.3) is 0 Å². The van der Waals surface area contributed by atoms with Gasteiger partial charge in [0.2, 0.25) is 0 Å². The molecule has 38 heavy (non-hydrogen) atoms. The average Bonchev–Trinajstić information content (AvgIpc) is 2.98. The number of hydrogen-bond donors (Lipinski definition) is 0. The summed E-state index contributed by atoms with van der Waals surface area (Å²) >= 11 is 0. The van der Waals surface area contributed by atoms with Gasteiger partial charge < -0.3 is 0 Å². The fraction of sp³-hybridized carbons (Fsp3) is 0.267. The lowest BCUT2D eigenvalue weighted by molar-refractivity contribution is -0.352. The summed E-state index contributed by atoms with van der Waals surface area (Å²) in [5, 5.41) is 2.18. The Morgan fingerprint density at radius 1 is 0.658 bits per heavy atom. The maximum atomic E-state index is 12.6. The van der Waals surface area contributed by atoms with E-state index in [0.29, 0.717) is 24.0 Å². The highest BCUT2D eigenvalue weighted by Crippen LogP contribution is 2.25. The molecule has 0 aliphatic heterocycles. The molecule has 0 radical (unpaired) electrons. The Morgan fingerprint density at radius 3 is 1.26 bits per heavy atom. The lowest BCUT2D eigenvalue weighted by Gasteiger charge is -2.28. The predicted octanol–water partition coefficient (Wildman–Crippen LogP) is 5.35. The minimum Gasteiger partial charge on any atom is -0.292 e. The summed E-state index contributed by atoms with van der Waals surface area (Å²) in [6, 6.07) is 14.4. The van der Waals surface area contributed by atoms with Gasteiger partial charge >= 0.3 is 11.9 Å². The molecule has 2 atom stereocenters. The van der Waals surface area contributed by atoms with Crippen LogP contribution in [0.5, 0.6) is 0 Å². The van der Waals surface area contributed by atoms with Crippen molar-refractivity contribution < 1.29 is 29.1 Å². The minimum absolute atomic E-state index is 0.369. The summed E-state index contributed by atoms with van der Waals surface area (Å²) in [5.74, 6) is -1.21. The van der Waals surface area contributed by atoms with Crippen LogP contribution in [-0.2, 0) is 19.6 Å². The van der Waals surface area contributed by atoms with Gasteiger partial charge in [0.05, 0.1) is 11.1 Å². The molecule has 3 rings (SSSR count). The summed E-state index contributed by atoms with van der Waals surface area (Å²) in [6.07, 6.45) is 1.88. The van der Waals surface area contributed by atoms with E-state index in [-0.39, 0.29) is 0 Å². The van der Waals surface area contributed by atoms with Crippen LogP contribution in [0.2, 0.25) is 13.1 Å². The molecule has 0 saturated heterocycles. The van der Waals surface area contributed by atoms with Crippen LogP contribution in [0, 0.1) is 0 Å². The van der Waals surface area contributed by atoms with Crippen LogP contribution >= 0.6 is 0 Å². The van der Waals surface area contributed by atoms with Crippen LogP contribution in [0.25, 0.3) is 0 Å². The normalized spacial score (nSPS) is 17.6. The number of rotatable bonds is 12. The number of hydrogen-bond acceptors (Lipinski definition) is 6. The van der Waals surface area contributed by atoms with Gasteiger partial charge in [-0.15, -0.1) is 26.3 Å². The van der Waals surface area contributed by atoms with Gasteiger partial charge in [-0.05, 0) is 37.1 Å². The van der Waals surface area contributed by atoms with Gasteiger partial charge in [-0.2, -0.15) is 9.78 Å². The quantitative estimate of drug-likeness (QED) is 0.202. The lowest BCUT2D eigenvalue weighted by atomic mass is 9.95. The maximum Gasteiger partial charge on any atom is 0.373 e. The van der Waals surface area contributed by atoms with Crippen molar-refractivity contribution in [2.75, 3.05) is 0 Å². The summed E-state index contributed by atoms with van der Waals surface area (Å²) < 4.78 is 0. The van der Waals surface area contributed by atoms with Crippen LogP contribution in [0.4, 0.5) is 0 Å². The van der Waals surface area contributed by atoms with Crippen molar-refractivity contribution >= 4 is 38.5 Å². The van der Waals surface area contributed by atoms with Crippen molar-refractivity contribution in [1.82, 2.24) is 0 Å². The molecule has 0 bridgehead atoms. The number of carbonyl (C=O) groups is 2. The highest BCUT2D eigenvalue weighted by Gasteiger charge is 2.32. The number of benzene rings is 2. The van der Waals surface area contributed by atoms with Crippen molar-refractivity contribution in [3.05, 3.63) is 109 Å². The third-order valence-electron chi connectivity index (χ3n) is 7.32. The standard InChI is InChI=1S/C30H36O6Si2/c1-7-37(5,8-2)25-19-15-23(16-20-25)29(31)35-33-27-13-11-12-14-28(27)34-36-30(32)24-17-21-26(22-18-24)38(6,9-3)10-4/h7-10,15-22,27-28H,1-4,11-14H2,5-6H3. The molecule has 1 aliphatic carbocycles. The maximum absolute atomic E-state index is 12.6. The van der Waals surface area contributed by atoms with E-state index in [1.165, 1.54) is 0 Å². The molecule has 2 aromatic carbocycles. The third kappa shape index (κ3) is 6.76. The molecule has 2 aromatic rings. The zero-order chi connectivity index (χ0) is 27.8. The van der Waals surface area contributed by atoms with E-state index in [1.54, 1.807) is 24.3 Å². The lowest BCUT2D eigenvalue weighted by Crippen LogP contribution is -2.41. The summed E-state index contributed by atoms with van der Waals surface area (Å²) in [7, 11) is -3.93. The minimum atomic E-state index is -1.96. The first-order valence-electron chi connectivity index (χ1n) is 12.7. The van der Waals surface area contributed by atoms with E-state index in [0.717, 1.165) is 23.2 Å². The van der Waals surface area contributed by atoms with Crippen molar-refractivity contribution in [3.63, 3.8) is 0 Å². The second kappa shape index (κ2) is 13.0. The van der Waals surface area contributed by atoms with E-state index in [1.807, 2.05) is 47.1 Å². The fourth-order valence-corrected chi connectivity index (χ4v) is 7.21. The molecule has 0 amide bonds. The molecule has 0 N–H and O–H groups in total. The number of carbonyl (C=O) groups excluding carboxylic acids is 2. The zero-order valence-electron chi connectivity index (χ0n) is 22.2. The fourth-order valence-electron chi connectivity index (χ4n) is 4.16. The predicted molar refractivity (Wildman–Crippen MR) is 155 cm³/mol. The highest BCUT2D eigenvalue weighted by atomic mass is 28.3. The first-order chi connectivity index (χ1) is 18.2. The molecule has 6 nitrogen and oxygen atoms in total. The van der Waals surface area contributed by atoms with E-state index in [4.69, 9.17) is 19.6 Å². The Morgan fingerprint density at radius 2 is 0.974 bits per heavy atom. The third-order valence-corrected chi connectivity index (χ3v) is 13.9. The van der Waals surface area contributed by atoms with Gasteiger partial charge in [-0.25, -0.2) is 9.59 Å². The summed E-state index contributed by atoms with van der Waals surface area (Å²) in [4.78, 5) is 46.3. The van der Waals surface area contributed by atoms with E-state index < -0.39 is 40.3 Å². The molecule has 1 saturated carbocycles. The zero-order valence-corrected chi connectivity index (χ0v) is 24.2. The topological polar surface area (TPSA) is 71.1 Å². The molecule has 1 fully saturated rings. The largest absolute Gasteiger partial charge is 0.373 e. The van der Waals surface area contributed by atoms with E-state index in [9.17, 15) is 9.59 Å². The van der Waals surface area contributed by atoms with Crippen LogP contribution in [0.3, 0.4) is 0 Å². The molecule has 0 spiro atoms. The van der Waals surface area contributed by atoms with Gasteiger partial charge in [0, 0.05) is 0 Å². The van der Waals surface area contributed by atoms with E-state index >= 15 is 0 Å². The van der Waals surface area contributed by atoms with Crippen LogP contribution in [0.1, 0.15) is 46.4 Å². The molecule has 0 heterocycles. The molecule has 0 aromatic heterocycles. The summed E-state index contributed by atoms with van der Waals surface area (Å²) in [5.41, 5.74) is 8.48. The molecule has 2 unspecified atom stereocenters. The molecule has 8 heteroatoms. The van der Waals surface area contributed by atoms with Gasteiger partial charge in [0.1, 0.15) is 28.4 Å². The van der Waals surface area contributed by atoms with Gasteiger partial charge in [0.15, 0.2) is 0 Å². The first kappa shape index (κ1) is 29.3. The Bertz CT molecular complexity index is 1060. The van der Waals surface area contributed by atoms with Crippen LogP contribution in [-0.4, -0.2) is 40.3 Å². The van der Waals surface area contributed by atoms with Gasteiger partial charge in [-0.3, -0.25) is 9.78 Å². The first-order valence-corrected chi connectivity index (χ1v) is 18.0. The van der Waals surface area contributed by atoms with Crippen molar-refractivity contribution in [1.29, 1.82) is 0 Å². The Hall–Kier alpha value is -3.31.